The molecule has 1 aromatic carbocycles. The minimum Gasteiger partial charge on any atom is -0.476 e. The van der Waals surface area contributed by atoms with E-state index in [1.165, 1.54) is 17.5 Å². The maximum atomic E-state index is 13.4. The number of aromatic carboxylic acids is 1. The molecule has 0 unspecified atom stereocenters. The highest BCUT2D eigenvalue weighted by molar-refractivity contribution is 7.14. The molecule has 88 valence electrons. The number of anilines is 2. The van der Waals surface area contributed by atoms with Crippen molar-refractivity contribution in [1.82, 2.24) is 4.98 Å². The van der Waals surface area contributed by atoms with Crippen LogP contribution in [-0.4, -0.2) is 16.1 Å². The molecular formula is C10H6ClFN2O2S. The fourth-order valence-corrected chi connectivity index (χ4v) is 1.99. The van der Waals surface area contributed by atoms with E-state index in [2.05, 4.69) is 10.3 Å². The van der Waals surface area contributed by atoms with Crippen molar-refractivity contribution < 1.29 is 14.3 Å². The van der Waals surface area contributed by atoms with E-state index in [4.69, 9.17) is 16.7 Å². The van der Waals surface area contributed by atoms with Crippen molar-refractivity contribution >= 4 is 39.7 Å². The number of thiazole rings is 1. The molecule has 0 radical (unpaired) electrons. The number of hydrogen-bond donors (Lipinski definition) is 2. The molecule has 7 heteroatoms. The van der Waals surface area contributed by atoms with Gasteiger partial charge in [-0.2, -0.15) is 0 Å². The molecule has 0 fully saturated rings. The Morgan fingerprint density at radius 2 is 2.29 bits per heavy atom. The second-order valence-corrected chi connectivity index (χ2v) is 4.39. The molecule has 0 aliphatic rings. The molecule has 0 aliphatic carbocycles. The van der Waals surface area contributed by atoms with Crippen LogP contribution in [0.4, 0.5) is 15.2 Å². The highest BCUT2D eigenvalue weighted by Gasteiger charge is 2.10. The van der Waals surface area contributed by atoms with Crippen molar-refractivity contribution in [3.63, 3.8) is 0 Å². The Hall–Kier alpha value is -1.66. The van der Waals surface area contributed by atoms with Crippen LogP contribution in [-0.2, 0) is 0 Å². The summed E-state index contributed by atoms with van der Waals surface area (Å²) in [7, 11) is 0. The lowest BCUT2D eigenvalue weighted by atomic mass is 10.3. The third-order valence-corrected chi connectivity index (χ3v) is 2.89. The van der Waals surface area contributed by atoms with Gasteiger partial charge in [-0.1, -0.05) is 11.6 Å². The Balaban J connectivity index is 2.22. The van der Waals surface area contributed by atoms with Gasteiger partial charge in [0.1, 0.15) is 5.82 Å². The van der Waals surface area contributed by atoms with Gasteiger partial charge in [0.15, 0.2) is 10.8 Å². The monoisotopic (exact) mass is 272 g/mol. The van der Waals surface area contributed by atoms with Gasteiger partial charge in [-0.3, -0.25) is 0 Å². The summed E-state index contributed by atoms with van der Waals surface area (Å²) in [4.78, 5) is 14.4. The third-order valence-electron chi connectivity index (χ3n) is 1.90. The first-order valence-electron chi connectivity index (χ1n) is 4.47. The van der Waals surface area contributed by atoms with Crippen molar-refractivity contribution in [3.05, 3.63) is 40.1 Å². The summed E-state index contributed by atoms with van der Waals surface area (Å²) in [5, 5.41) is 13.3. The van der Waals surface area contributed by atoms with Gasteiger partial charge < -0.3 is 10.4 Å². The van der Waals surface area contributed by atoms with E-state index < -0.39 is 11.8 Å². The maximum absolute atomic E-state index is 13.4. The number of hydrogen-bond acceptors (Lipinski definition) is 4. The van der Waals surface area contributed by atoms with Gasteiger partial charge in [-0.05, 0) is 18.2 Å². The Morgan fingerprint density at radius 1 is 1.53 bits per heavy atom. The van der Waals surface area contributed by atoms with Crippen molar-refractivity contribution in [1.29, 1.82) is 0 Å². The van der Waals surface area contributed by atoms with E-state index in [-0.39, 0.29) is 11.4 Å². The zero-order chi connectivity index (χ0) is 12.4. The number of carboxylic acid groups (broad SMARTS) is 1. The van der Waals surface area contributed by atoms with E-state index >= 15 is 0 Å². The quantitative estimate of drug-likeness (QED) is 0.899. The van der Waals surface area contributed by atoms with Gasteiger partial charge in [-0.25, -0.2) is 14.2 Å². The summed E-state index contributed by atoms with van der Waals surface area (Å²) < 4.78 is 13.4. The number of nitrogens with one attached hydrogen (secondary N) is 1. The summed E-state index contributed by atoms with van der Waals surface area (Å²) in [6.45, 7) is 0. The molecule has 0 saturated heterocycles. The highest BCUT2D eigenvalue weighted by atomic mass is 35.5. The lowest BCUT2D eigenvalue weighted by Crippen LogP contribution is -1.98. The molecule has 2 aromatic rings. The van der Waals surface area contributed by atoms with Gasteiger partial charge in [0.05, 0.1) is 5.69 Å². The van der Waals surface area contributed by atoms with Crippen molar-refractivity contribution in [2.24, 2.45) is 0 Å². The Morgan fingerprint density at radius 3 is 2.88 bits per heavy atom. The minimum atomic E-state index is -1.12. The van der Waals surface area contributed by atoms with Crippen molar-refractivity contribution in [3.8, 4) is 0 Å². The molecule has 0 amide bonds. The van der Waals surface area contributed by atoms with Crippen LogP contribution in [0.15, 0.2) is 23.6 Å². The van der Waals surface area contributed by atoms with E-state index in [0.29, 0.717) is 10.2 Å². The largest absolute Gasteiger partial charge is 0.476 e. The Labute approximate surface area is 105 Å². The van der Waals surface area contributed by atoms with Crippen LogP contribution < -0.4 is 5.32 Å². The molecule has 0 saturated carbocycles. The Bertz CT molecular complexity index is 573. The predicted octanol–water partition coefficient (Wildman–Crippen LogP) is 3.38. The number of benzene rings is 1. The topological polar surface area (TPSA) is 62.2 Å². The molecule has 17 heavy (non-hydrogen) atoms. The number of carboxylic acids is 1. The molecule has 1 aromatic heterocycles. The van der Waals surface area contributed by atoms with Gasteiger partial charge in [0.25, 0.3) is 0 Å². The standard InChI is InChI=1S/C10H6ClFN2O2S/c11-5-1-2-7(6(12)3-5)13-10-14-8(4-17-10)9(15)16/h1-4H,(H,13,14)(H,15,16). The molecule has 0 aliphatic heterocycles. The summed E-state index contributed by atoms with van der Waals surface area (Å²) in [6, 6.07) is 4.15. The molecule has 0 spiro atoms. The molecule has 1 heterocycles. The summed E-state index contributed by atoms with van der Waals surface area (Å²) in [6.07, 6.45) is 0. The fourth-order valence-electron chi connectivity index (χ4n) is 1.14. The first-order valence-corrected chi connectivity index (χ1v) is 5.73. The van der Waals surface area contributed by atoms with E-state index in [0.717, 1.165) is 17.4 Å². The van der Waals surface area contributed by atoms with Crippen LogP contribution in [0.25, 0.3) is 0 Å². The number of halogens is 2. The zero-order valence-electron chi connectivity index (χ0n) is 8.28. The Kier molecular flexibility index (Phi) is 3.26. The molecule has 2 N–H and O–H groups in total. The highest BCUT2D eigenvalue weighted by Crippen LogP contribution is 2.25. The van der Waals surface area contributed by atoms with Crippen molar-refractivity contribution in [2.75, 3.05) is 5.32 Å². The van der Waals surface area contributed by atoms with Crippen molar-refractivity contribution in [2.45, 2.75) is 0 Å². The smallest absolute Gasteiger partial charge is 0.355 e. The fraction of sp³-hybridized carbons (Fsp3) is 0. The van der Waals surface area contributed by atoms with E-state index in [9.17, 15) is 9.18 Å². The third kappa shape index (κ3) is 2.72. The van der Waals surface area contributed by atoms with Crippen LogP contribution in [0.2, 0.25) is 5.02 Å². The number of nitrogens with zero attached hydrogens (tertiary/aromatic N) is 1. The van der Waals surface area contributed by atoms with Crippen LogP contribution in [0.3, 0.4) is 0 Å². The molecule has 0 atom stereocenters. The second kappa shape index (κ2) is 4.68. The number of aromatic nitrogens is 1. The summed E-state index contributed by atoms with van der Waals surface area (Å²) in [5.74, 6) is -1.64. The first kappa shape index (κ1) is 11.8. The van der Waals surface area contributed by atoms with Gasteiger partial charge in [-0.15, -0.1) is 11.3 Å². The zero-order valence-corrected chi connectivity index (χ0v) is 9.85. The van der Waals surface area contributed by atoms with Crippen LogP contribution in [0.1, 0.15) is 10.5 Å². The number of carbonyl (C=O) groups is 1. The second-order valence-electron chi connectivity index (χ2n) is 3.09. The first-order chi connectivity index (χ1) is 8.06. The summed E-state index contributed by atoms with van der Waals surface area (Å²) >= 11 is 6.69. The predicted molar refractivity (Wildman–Crippen MR) is 63.8 cm³/mol. The summed E-state index contributed by atoms with van der Waals surface area (Å²) in [5.41, 5.74) is 0.118. The molecule has 2 rings (SSSR count). The molecule has 0 bridgehead atoms. The van der Waals surface area contributed by atoms with Gasteiger partial charge >= 0.3 is 5.97 Å². The average molecular weight is 273 g/mol. The average Bonchev–Trinajstić information content (AvgIpc) is 2.71. The SMILES string of the molecule is O=C(O)c1csc(Nc2ccc(Cl)cc2F)n1. The van der Waals surface area contributed by atoms with E-state index in [1.807, 2.05) is 0 Å². The lowest BCUT2D eigenvalue weighted by Gasteiger charge is -2.03. The van der Waals surface area contributed by atoms with Crippen LogP contribution in [0, 0.1) is 5.82 Å². The maximum Gasteiger partial charge on any atom is 0.355 e. The van der Waals surface area contributed by atoms with Gasteiger partial charge in [0, 0.05) is 10.4 Å². The van der Waals surface area contributed by atoms with Crippen LogP contribution in [0.5, 0.6) is 0 Å². The number of rotatable bonds is 3. The van der Waals surface area contributed by atoms with Gasteiger partial charge in [0.2, 0.25) is 0 Å². The lowest BCUT2D eigenvalue weighted by molar-refractivity contribution is 0.0691. The molecule has 4 nitrogen and oxygen atoms in total. The molecular weight excluding hydrogens is 267 g/mol. The minimum absolute atomic E-state index is 0.0770. The van der Waals surface area contributed by atoms with Crippen LogP contribution >= 0.6 is 22.9 Å². The van der Waals surface area contributed by atoms with E-state index in [1.54, 1.807) is 0 Å². The normalized spacial score (nSPS) is 10.2.